The van der Waals surface area contributed by atoms with Gasteiger partial charge in [-0.15, -0.1) is 0 Å². The molecule has 0 spiro atoms. The molecule has 0 atom stereocenters. The molecule has 5 rings (SSSR count). The number of thiazole rings is 1. The second-order valence-corrected chi connectivity index (χ2v) is 8.81. The summed E-state index contributed by atoms with van der Waals surface area (Å²) < 4.78 is 6.51. The highest BCUT2D eigenvalue weighted by molar-refractivity contribution is 7.22. The average Bonchev–Trinajstić information content (AvgIpc) is 3.48. The molecule has 2 heterocycles. The molecule has 32 heavy (non-hydrogen) atoms. The Kier molecular flexibility index (Phi) is 5.75. The molecule has 0 unspecified atom stereocenters. The van der Waals surface area contributed by atoms with Crippen LogP contribution in [0.3, 0.4) is 0 Å². The van der Waals surface area contributed by atoms with Gasteiger partial charge in [-0.05, 0) is 41.5 Å². The summed E-state index contributed by atoms with van der Waals surface area (Å²) >= 11 is 7.62. The van der Waals surface area contributed by atoms with Gasteiger partial charge in [-0.3, -0.25) is 9.69 Å². The van der Waals surface area contributed by atoms with Gasteiger partial charge in [0.1, 0.15) is 5.76 Å². The molecule has 0 saturated carbocycles. The van der Waals surface area contributed by atoms with Gasteiger partial charge in [-0.2, -0.15) is 0 Å². The van der Waals surface area contributed by atoms with Gasteiger partial charge in [0, 0.05) is 5.02 Å². The fourth-order valence-corrected chi connectivity index (χ4v) is 4.97. The molecule has 0 bridgehead atoms. The molecule has 4 nitrogen and oxygen atoms in total. The van der Waals surface area contributed by atoms with Crippen LogP contribution in [0, 0.1) is 0 Å². The minimum absolute atomic E-state index is 0.0658. The maximum absolute atomic E-state index is 14.1. The van der Waals surface area contributed by atoms with Crippen molar-refractivity contribution in [1.29, 1.82) is 0 Å². The number of carbonyl (C=O) groups is 1. The molecule has 0 N–H and O–H groups in total. The molecular weight excluding hydrogens is 440 g/mol. The van der Waals surface area contributed by atoms with Crippen LogP contribution in [-0.4, -0.2) is 10.9 Å². The Morgan fingerprint density at radius 1 is 0.938 bits per heavy atom. The minimum atomic E-state index is -0.469. The number of halogens is 1. The van der Waals surface area contributed by atoms with Gasteiger partial charge in [0.2, 0.25) is 5.91 Å². The number of fused-ring (bicyclic) bond motifs is 1. The third-order valence-electron chi connectivity index (χ3n) is 5.24. The Morgan fingerprint density at radius 3 is 2.25 bits per heavy atom. The lowest BCUT2D eigenvalue weighted by atomic mass is 9.90. The lowest BCUT2D eigenvalue weighted by molar-refractivity contribution is -0.119. The number of benzene rings is 3. The maximum Gasteiger partial charge on any atom is 0.241 e. The van der Waals surface area contributed by atoms with Crippen molar-refractivity contribution in [3.63, 3.8) is 0 Å². The fourth-order valence-electron chi connectivity index (χ4n) is 3.72. The quantitative estimate of drug-likeness (QED) is 0.278. The Hall–Kier alpha value is -3.41. The predicted molar refractivity (Wildman–Crippen MR) is 129 cm³/mol. The van der Waals surface area contributed by atoms with Crippen molar-refractivity contribution in [2.45, 2.75) is 12.5 Å². The standard InChI is InChI=1S/C26H19ClN2O2S/c27-20-13-14-22-23(16-20)32-26(28-22)29(17-21-12-7-15-31-21)25(30)24(18-8-3-1-4-9-18)19-10-5-2-6-11-19/h1-16,24H,17H2. The molecule has 6 heteroatoms. The molecule has 1 amide bonds. The first-order valence-electron chi connectivity index (χ1n) is 10.2. The van der Waals surface area contributed by atoms with Crippen LogP contribution < -0.4 is 4.90 Å². The number of amides is 1. The van der Waals surface area contributed by atoms with E-state index in [1.54, 1.807) is 11.2 Å². The van der Waals surface area contributed by atoms with Crippen LogP contribution in [0.2, 0.25) is 5.02 Å². The molecule has 0 aliphatic carbocycles. The third-order valence-corrected chi connectivity index (χ3v) is 6.52. The Balaban J connectivity index is 1.62. The van der Waals surface area contributed by atoms with Crippen LogP contribution in [0.4, 0.5) is 5.13 Å². The van der Waals surface area contributed by atoms with E-state index in [1.807, 2.05) is 91.0 Å². The molecular formula is C26H19ClN2O2S. The van der Waals surface area contributed by atoms with E-state index < -0.39 is 5.92 Å². The summed E-state index contributed by atoms with van der Waals surface area (Å²) in [7, 11) is 0. The molecule has 0 radical (unpaired) electrons. The van der Waals surface area contributed by atoms with Crippen molar-refractivity contribution in [1.82, 2.24) is 4.98 Å². The monoisotopic (exact) mass is 458 g/mol. The molecule has 0 fully saturated rings. The summed E-state index contributed by atoms with van der Waals surface area (Å²) in [5.74, 6) is 0.155. The van der Waals surface area contributed by atoms with Gasteiger partial charge < -0.3 is 4.42 Å². The topological polar surface area (TPSA) is 46.3 Å². The van der Waals surface area contributed by atoms with E-state index in [1.165, 1.54) is 11.3 Å². The van der Waals surface area contributed by atoms with E-state index in [2.05, 4.69) is 0 Å². The highest BCUT2D eigenvalue weighted by Gasteiger charge is 2.31. The maximum atomic E-state index is 14.1. The minimum Gasteiger partial charge on any atom is -0.467 e. The highest BCUT2D eigenvalue weighted by atomic mass is 35.5. The van der Waals surface area contributed by atoms with Gasteiger partial charge >= 0.3 is 0 Å². The van der Waals surface area contributed by atoms with Gasteiger partial charge in [0.05, 0.1) is 28.9 Å². The van der Waals surface area contributed by atoms with Crippen LogP contribution in [0.25, 0.3) is 10.2 Å². The number of nitrogens with zero attached hydrogens (tertiary/aromatic N) is 2. The summed E-state index contributed by atoms with van der Waals surface area (Å²) in [6.07, 6.45) is 1.61. The van der Waals surface area contributed by atoms with Gasteiger partial charge in [0.15, 0.2) is 5.13 Å². The van der Waals surface area contributed by atoms with Gasteiger partial charge in [-0.1, -0.05) is 83.6 Å². The van der Waals surface area contributed by atoms with Gasteiger partial charge in [-0.25, -0.2) is 4.98 Å². The first-order chi connectivity index (χ1) is 15.7. The largest absolute Gasteiger partial charge is 0.467 e. The van der Waals surface area contributed by atoms with Gasteiger partial charge in [0.25, 0.3) is 0 Å². The molecule has 0 aliphatic heterocycles. The Bertz CT molecular complexity index is 1300. The highest BCUT2D eigenvalue weighted by Crippen LogP contribution is 2.35. The molecule has 5 aromatic rings. The first kappa shape index (κ1) is 20.5. The van der Waals surface area contributed by atoms with E-state index >= 15 is 0 Å². The van der Waals surface area contributed by atoms with Crippen molar-refractivity contribution in [2.75, 3.05) is 4.90 Å². The summed E-state index contributed by atoms with van der Waals surface area (Å²) in [5.41, 5.74) is 2.66. The third kappa shape index (κ3) is 4.17. The fraction of sp³-hybridized carbons (Fsp3) is 0.0769. The Morgan fingerprint density at radius 2 is 1.62 bits per heavy atom. The number of carbonyl (C=O) groups excluding carboxylic acids is 1. The summed E-state index contributed by atoms with van der Waals surface area (Å²) in [6.45, 7) is 0.287. The molecule has 158 valence electrons. The predicted octanol–water partition coefficient (Wildman–Crippen LogP) is 6.91. The number of furan rings is 1. The number of hydrogen-bond acceptors (Lipinski definition) is 4. The Labute approximate surface area is 194 Å². The zero-order chi connectivity index (χ0) is 21.9. The number of rotatable bonds is 6. The van der Waals surface area contributed by atoms with E-state index in [9.17, 15) is 4.79 Å². The molecule has 3 aromatic carbocycles. The number of hydrogen-bond donors (Lipinski definition) is 0. The van der Waals surface area contributed by atoms with E-state index in [0.29, 0.717) is 15.9 Å². The van der Waals surface area contributed by atoms with Crippen LogP contribution >= 0.6 is 22.9 Å². The summed E-state index contributed by atoms with van der Waals surface area (Å²) in [4.78, 5) is 20.6. The lowest BCUT2D eigenvalue weighted by Gasteiger charge is -2.25. The second kappa shape index (κ2) is 8.99. The van der Waals surface area contributed by atoms with Crippen molar-refractivity contribution in [2.24, 2.45) is 0 Å². The molecule has 0 saturated heterocycles. The molecule has 0 aliphatic rings. The van der Waals surface area contributed by atoms with Crippen LogP contribution in [0.15, 0.2) is 102 Å². The van der Waals surface area contributed by atoms with Crippen LogP contribution in [0.5, 0.6) is 0 Å². The van der Waals surface area contributed by atoms with Crippen molar-refractivity contribution < 1.29 is 9.21 Å². The average molecular weight is 459 g/mol. The van der Waals surface area contributed by atoms with Crippen LogP contribution in [0.1, 0.15) is 22.8 Å². The smallest absolute Gasteiger partial charge is 0.241 e. The number of anilines is 1. The summed E-state index contributed by atoms with van der Waals surface area (Å²) in [5, 5.41) is 1.25. The SMILES string of the molecule is O=C(C(c1ccccc1)c1ccccc1)N(Cc1ccco1)c1nc2ccc(Cl)cc2s1. The lowest BCUT2D eigenvalue weighted by Crippen LogP contribution is -2.35. The van der Waals surface area contributed by atoms with E-state index in [4.69, 9.17) is 21.0 Å². The normalized spacial score (nSPS) is 11.2. The number of aromatic nitrogens is 1. The molecule has 2 aromatic heterocycles. The van der Waals surface area contributed by atoms with E-state index in [0.717, 1.165) is 21.3 Å². The zero-order valence-corrected chi connectivity index (χ0v) is 18.6. The first-order valence-corrected chi connectivity index (χ1v) is 11.4. The zero-order valence-electron chi connectivity index (χ0n) is 17.0. The van der Waals surface area contributed by atoms with Crippen molar-refractivity contribution >= 4 is 44.2 Å². The second-order valence-electron chi connectivity index (χ2n) is 7.37. The van der Waals surface area contributed by atoms with Crippen LogP contribution in [-0.2, 0) is 11.3 Å². The van der Waals surface area contributed by atoms with E-state index in [-0.39, 0.29) is 12.5 Å². The van der Waals surface area contributed by atoms with Crippen molar-refractivity contribution in [3.05, 3.63) is 119 Å². The summed E-state index contributed by atoms with van der Waals surface area (Å²) in [6, 6.07) is 28.9. The van der Waals surface area contributed by atoms with Crippen molar-refractivity contribution in [3.8, 4) is 0 Å².